The van der Waals surface area contributed by atoms with Crippen molar-refractivity contribution in [3.63, 3.8) is 0 Å². The summed E-state index contributed by atoms with van der Waals surface area (Å²) < 4.78 is 5.85. The molecule has 3 atom stereocenters. The molecule has 3 unspecified atom stereocenters. The number of carboxylic acid groups (broad SMARTS) is 1. The minimum Gasteiger partial charge on any atom is -0.480 e. The summed E-state index contributed by atoms with van der Waals surface area (Å²) in [6, 6.07) is 7.15. The van der Waals surface area contributed by atoms with Crippen LogP contribution in [0.25, 0.3) is 0 Å². The molecule has 1 aromatic rings. The van der Waals surface area contributed by atoms with Crippen molar-refractivity contribution in [1.29, 1.82) is 0 Å². The first-order chi connectivity index (χ1) is 11.5. The van der Waals surface area contributed by atoms with E-state index in [2.05, 4.69) is 5.32 Å². The van der Waals surface area contributed by atoms with E-state index in [0.717, 1.165) is 30.4 Å². The molecule has 0 saturated carbocycles. The Bertz CT molecular complexity index is 555. The third-order valence-electron chi connectivity index (χ3n) is 4.53. The van der Waals surface area contributed by atoms with E-state index in [-0.39, 0.29) is 17.9 Å². The number of benzene rings is 1. The minimum absolute atomic E-state index is 0.219. The van der Waals surface area contributed by atoms with Crippen LogP contribution in [0.5, 0.6) is 0 Å². The van der Waals surface area contributed by atoms with E-state index in [4.69, 9.17) is 4.74 Å². The zero-order valence-corrected chi connectivity index (χ0v) is 14.5. The lowest BCUT2D eigenvalue weighted by atomic mass is 9.88. The maximum Gasteiger partial charge on any atom is 0.326 e. The van der Waals surface area contributed by atoms with Gasteiger partial charge in [-0.3, -0.25) is 4.79 Å². The molecule has 24 heavy (non-hydrogen) atoms. The fourth-order valence-electron chi connectivity index (χ4n) is 3.08. The van der Waals surface area contributed by atoms with Crippen LogP contribution in [-0.4, -0.2) is 29.6 Å². The standard InChI is InChI=1S/C19H27NO4/c1-3-4-7-16(19(22)23)20-18(21)15-6-5-12-24-17(15)14-10-8-13(2)9-11-14/h8-11,15-17H,3-7,12H2,1-2H3,(H,20,21)(H,22,23). The van der Waals surface area contributed by atoms with Crippen LogP contribution in [0.15, 0.2) is 24.3 Å². The zero-order valence-electron chi connectivity index (χ0n) is 14.5. The molecule has 1 fully saturated rings. The molecule has 1 aliphatic heterocycles. The fourth-order valence-corrected chi connectivity index (χ4v) is 3.08. The minimum atomic E-state index is -0.972. The highest BCUT2D eigenvalue weighted by Gasteiger charge is 2.34. The van der Waals surface area contributed by atoms with Crippen molar-refractivity contribution >= 4 is 11.9 Å². The molecule has 0 radical (unpaired) electrons. The number of aliphatic carboxylic acids is 1. The molecule has 1 amide bonds. The van der Waals surface area contributed by atoms with Crippen molar-refractivity contribution in [1.82, 2.24) is 5.32 Å². The number of nitrogens with one attached hydrogen (secondary N) is 1. The second kappa shape index (κ2) is 8.83. The molecule has 1 aliphatic rings. The van der Waals surface area contributed by atoms with E-state index in [9.17, 15) is 14.7 Å². The molecule has 0 aromatic heterocycles. The SMILES string of the molecule is CCCCC(NC(=O)C1CCCOC1c1ccc(C)cc1)C(=O)O. The Morgan fingerprint density at radius 3 is 2.67 bits per heavy atom. The summed E-state index contributed by atoms with van der Waals surface area (Å²) in [5.41, 5.74) is 2.13. The first kappa shape index (κ1) is 18.5. The monoisotopic (exact) mass is 333 g/mol. The summed E-state index contributed by atoms with van der Waals surface area (Å²) in [6.45, 7) is 4.64. The Kier molecular flexibility index (Phi) is 6.79. The van der Waals surface area contributed by atoms with Crippen molar-refractivity contribution in [2.45, 2.75) is 58.1 Å². The molecule has 5 nitrogen and oxygen atoms in total. The predicted molar refractivity (Wildman–Crippen MR) is 91.7 cm³/mol. The number of hydrogen-bond acceptors (Lipinski definition) is 3. The molecule has 1 aromatic carbocycles. The van der Waals surface area contributed by atoms with Crippen LogP contribution in [0, 0.1) is 12.8 Å². The molecule has 0 bridgehead atoms. The van der Waals surface area contributed by atoms with E-state index < -0.39 is 12.0 Å². The lowest BCUT2D eigenvalue weighted by molar-refractivity contribution is -0.145. The number of ether oxygens (including phenoxy) is 1. The van der Waals surface area contributed by atoms with Crippen LogP contribution in [0.3, 0.4) is 0 Å². The largest absolute Gasteiger partial charge is 0.480 e. The van der Waals surface area contributed by atoms with Gasteiger partial charge in [-0.05, 0) is 31.7 Å². The summed E-state index contributed by atoms with van der Waals surface area (Å²) in [5.74, 6) is -1.53. The Hall–Kier alpha value is -1.88. The topological polar surface area (TPSA) is 75.6 Å². The summed E-state index contributed by atoms with van der Waals surface area (Å²) >= 11 is 0. The van der Waals surface area contributed by atoms with Gasteiger partial charge in [0.05, 0.1) is 12.0 Å². The number of carboxylic acids is 1. The van der Waals surface area contributed by atoms with Gasteiger partial charge in [-0.2, -0.15) is 0 Å². The van der Waals surface area contributed by atoms with E-state index in [1.165, 1.54) is 0 Å². The van der Waals surface area contributed by atoms with Gasteiger partial charge in [0.2, 0.25) is 5.91 Å². The van der Waals surface area contributed by atoms with E-state index in [0.29, 0.717) is 19.4 Å². The van der Waals surface area contributed by atoms with Crippen molar-refractivity contribution in [2.75, 3.05) is 6.61 Å². The van der Waals surface area contributed by atoms with Gasteiger partial charge in [0.1, 0.15) is 6.04 Å². The van der Waals surface area contributed by atoms with Gasteiger partial charge in [-0.1, -0.05) is 49.6 Å². The maximum absolute atomic E-state index is 12.7. The van der Waals surface area contributed by atoms with Gasteiger partial charge in [0.15, 0.2) is 0 Å². The molecular weight excluding hydrogens is 306 g/mol. The quantitative estimate of drug-likeness (QED) is 0.803. The van der Waals surface area contributed by atoms with Crippen LogP contribution in [-0.2, 0) is 14.3 Å². The van der Waals surface area contributed by atoms with Crippen molar-refractivity contribution in [3.05, 3.63) is 35.4 Å². The second-order valence-electron chi connectivity index (χ2n) is 6.49. The van der Waals surface area contributed by atoms with Gasteiger partial charge >= 0.3 is 5.97 Å². The van der Waals surface area contributed by atoms with Crippen LogP contribution >= 0.6 is 0 Å². The van der Waals surface area contributed by atoms with Gasteiger partial charge in [0.25, 0.3) is 0 Å². The highest BCUT2D eigenvalue weighted by atomic mass is 16.5. The highest BCUT2D eigenvalue weighted by molar-refractivity contribution is 5.85. The number of carbonyl (C=O) groups is 2. The van der Waals surface area contributed by atoms with Gasteiger partial charge < -0.3 is 15.2 Å². The normalized spacial score (nSPS) is 21.9. The summed E-state index contributed by atoms with van der Waals surface area (Å²) in [5, 5.41) is 12.0. The van der Waals surface area contributed by atoms with Crippen LogP contribution < -0.4 is 5.32 Å². The zero-order chi connectivity index (χ0) is 17.5. The number of aryl methyl sites for hydroxylation is 1. The van der Waals surface area contributed by atoms with Gasteiger partial charge in [-0.25, -0.2) is 4.79 Å². The van der Waals surface area contributed by atoms with Crippen LogP contribution in [0.1, 0.15) is 56.3 Å². The van der Waals surface area contributed by atoms with Crippen molar-refractivity contribution < 1.29 is 19.4 Å². The molecule has 132 valence electrons. The van der Waals surface area contributed by atoms with Crippen molar-refractivity contribution in [3.8, 4) is 0 Å². The van der Waals surface area contributed by atoms with Gasteiger partial charge in [-0.15, -0.1) is 0 Å². The predicted octanol–water partition coefficient (Wildman–Crippen LogP) is 3.22. The first-order valence-corrected chi connectivity index (χ1v) is 8.74. The lowest BCUT2D eigenvalue weighted by Crippen LogP contribution is -2.46. The van der Waals surface area contributed by atoms with E-state index in [1.54, 1.807) is 0 Å². The van der Waals surface area contributed by atoms with E-state index >= 15 is 0 Å². The smallest absolute Gasteiger partial charge is 0.326 e. The third kappa shape index (κ3) is 4.81. The highest BCUT2D eigenvalue weighted by Crippen LogP contribution is 2.34. The van der Waals surface area contributed by atoms with E-state index in [1.807, 2.05) is 38.1 Å². The van der Waals surface area contributed by atoms with Crippen LogP contribution in [0.4, 0.5) is 0 Å². The molecule has 1 saturated heterocycles. The Balaban J connectivity index is 2.09. The lowest BCUT2D eigenvalue weighted by Gasteiger charge is -2.32. The summed E-state index contributed by atoms with van der Waals surface area (Å²) in [7, 11) is 0. The molecule has 0 aliphatic carbocycles. The Morgan fingerprint density at radius 1 is 1.33 bits per heavy atom. The first-order valence-electron chi connectivity index (χ1n) is 8.74. The number of unbranched alkanes of at least 4 members (excludes halogenated alkanes) is 1. The third-order valence-corrected chi connectivity index (χ3v) is 4.53. The summed E-state index contributed by atoms with van der Waals surface area (Å²) in [6.07, 6.45) is 3.36. The Labute approximate surface area is 143 Å². The Morgan fingerprint density at radius 2 is 2.04 bits per heavy atom. The number of hydrogen-bond donors (Lipinski definition) is 2. The van der Waals surface area contributed by atoms with Crippen LogP contribution in [0.2, 0.25) is 0 Å². The molecule has 0 spiro atoms. The average Bonchev–Trinajstić information content (AvgIpc) is 2.59. The summed E-state index contributed by atoms with van der Waals surface area (Å²) in [4.78, 5) is 24.0. The number of rotatable bonds is 7. The molecule has 2 N–H and O–H groups in total. The average molecular weight is 333 g/mol. The molecular formula is C19H27NO4. The number of carbonyl (C=O) groups excluding carboxylic acids is 1. The second-order valence-corrected chi connectivity index (χ2v) is 6.49. The number of amides is 1. The van der Waals surface area contributed by atoms with Crippen molar-refractivity contribution in [2.24, 2.45) is 5.92 Å². The molecule has 1 heterocycles. The maximum atomic E-state index is 12.7. The molecule has 2 rings (SSSR count). The molecule has 5 heteroatoms. The van der Waals surface area contributed by atoms with Gasteiger partial charge in [0, 0.05) is 6.61 Å². The fraction of sp³-hybridized carbons (Fsp3) is 0.579.